The molecule has 0 fully saturated rings. The molecule has 0 unspecified atom stereocenters. The molecule has 8 heteroatoms. The Labute approximate surface area is 166 Å². The van der Waals surface area contributed by atoms with E-state index in [2.05, 4.69) is 27.6 Å². The number of anilines is 1. The molecule has 28 heavy (non-hydrogen) atoms. The Bertz CT molecular complexity index is 801. The summed E-state index contributed by atoms with van der Waals surface area (Å²) in [5.41, 5.74) is 4.14. The predicted octanol–water partition coefficient (Wildman–Crippen LogP) is 2.74. The fourth-order valence-corrected chi connectivity index (χ4v) is 2.90. The van der Waals surface area contributed by atoms with E-state index in [0.29, 0.717) is 37.2 Å². The monoisotopic (exact) mass is 389 g/mol. The van der Waals surface area contributed by atoms with Gasteiger partial charge in [-0.3, -0.25) is 9.67 Å². The maximum Gasteiger partial charge on any atom is 0.195 e. The van der Waals surface area contributed by atoms with Crippen LogP contribution in [0.3, 0.4) is 0 Å². The molecule has 0 amide bonds. The van der Waals surface area contributed by atoms with Gasteiger partial charge in [-0.25, -0.2) is 0 Å². The molecule has 0 bridgehead atoms. The first kappa shape index (κ1) is 21.6. The van der Waals surface area contributed by atoms with Crippen molar-refractivity contribution in [3.63, 3.8) is 0 Å². The minimum Gasteiger partial charge on any atom is -0.493 e. The summed E-state index contributed by atoms with van der Waals surface area (Å²) in [6.07, 6.45) is 0. The number of guanidine groups is 1. The second-order valence-electron chi connectivity index (χ2n) is 6.21. The van der Waals surface area contributed by atoms with Crippen molar-refractivity contribution in [2.45, 2.75) is 33.9 Å². The summed E-state index contributed by atoms with van der Waals surface area (Å²) < 4.78 is 18.1. The summed E-state index contributed by atoms with van der Waals surface area (Å²) in [4.78, 5) is 4.31. The third-order valence-corrected chi connectivity index (χ3v) is 4.42. The third-order valence-electron chi connectivity index (χ3n) is 4.42. The SMILES string of the molecule is CCOc1cc(NC(=NC)NCc2c(C)nn(CCOC)c2C)ccc1OC. The molecule has 0 spiro atoms. The van der Waals surface area contributed by atoms with Crippen LogP contribution < -0.4 is 20.1 Å². The van der Waals surface area contributed by atoms with Gasteiger partial charge in [-0.2, -0.15) is 5.10 Å². The second-order valence-corrected chi connectivity index (χ2v) is 6.21. The molecule has 1 aromatic carbocycles. The highest BCUT2D eigenvalue weighted by Crippen LogP contribution is 2.30. The van der Waals surface area contributed by atoms with Crippen molar-refractivity contribution in [1.29, 1.82) is 0 Å². The van der Waals surface area contributed by atoms with E-state index in [0.717, 1.165) is 29.2 Å². The number of aromatic nitrogens is 2. The van der Waals surface area contributed by atoms with Gasteiger partial charge < -0.3 is 24.8 Å². The zero-order chi connectivity index (χ0) is 20.5. The summed E-state index contributed by atoms with van der Waals surface area (Å²) >= 11 is 0. The minimum atomic E-state index is 0.568. The van der Waals surface area contributed by atoms with E-state index in [9.17, 15) is 0 Å². The van der Waals surface area contributed by atoms with Crippen LogP contribution >= 0.6 is 0 Å². The standard InChI is InChI=1S/C20H31N5O3/c1-7-28-19-12-16(8-9-18(19)27-6)23-20(21-4)22-13-17-14(2)24-25(15(17)3)10-11-26-5/h8-9,12H,7,10-11,13H2,1-6H3,(H2,21,22,23). The highest BCUT2D eigenvalue weighted by molar-refractivity contribution is 5.93. The molecule has 0 aliphatic heterocycles. The van der Waals surface area contributed by atoms with Gasteiger partial charge in [0.1, 0.15) is 0 Å². The van der Waals surface area contributed by atoms with E-state index in [1.54, 1.807) is 21.3 Å². The van der Waals surface area contributed by atoms with Crippen LogP contribution in [0.1, 0.15) is 23.9 Å². The average molecular weight is 390 g/mol. The van der Waals surface area contributed by atoms with E-state index in [-0.39, 0.29) is 0 Å². The van der Waals surface area contributed by atoms with E-state index in [1.807, 2.05) is 36.7 Å². The smallest absolute Gasteiger partial charge is 0.195 e. The van der Waals surface area contributed by atoms with Crippen molar-refractivity contribution in [2.24, 2.45) is 4.99 Å². The van der Waals surface area contributed by atoms with Crippen LogP contribution in [0.4, 0.5) is 5.69 Å². The van der Waals surface area contributed by atoms with Crippen LogP contribution in [-0.2, 0) is 17.8 Å². The van der Waals surface area contributed by atoms with Crippen molar-refractivity contribution in [1.82, 2.24) is 15.1 Å². The number of methoxy groups -OCH3 is 2. The molecule has 0 aliphatic rings. The number of benzene rings is 1. The number of hydrogen-bond acceptors (Lipinski definition) is 5. The van der Waals surface area contributed by atoms with Gasteiger partial charge in [0.25, 0.3) is 0 Å². The van der Waals surface area contributed by atoms with Gasteiger partial charge in [0.05, 0.1) is 32.6 Å². The van der Waals surface area contributed by atoms with Crippen LogP contribution in [0.5, 0.6) is 11.5 Å². The second kappa shape index (κ2) is 10.6. The Balaban J connectivity index is 2.06. The number of rotatable bonds is 9. The summed E-state index contributed by atoms with van der Waals surface area (Å²) in [5, 5.41) is 11.2. The molecule has 0 saturated carbocycles. The Hall–Kier alpha value is -2.74. The van der Waals surface area contributed by atoms with Crippen molar-refractivity contribution < 1.29 is 14.2 Å². The van der Waals surface area contributed by atoms with Crippen LogP contribution in [0.15, 0.2) is 23.2 Å². The summed E-state index contributed by atoms with van der Waals surface area (Å²) in [6.45, 7) is 8.59. The van der Waals surface area contributed by atoms with Gasteiger partial charge >= 0.3 is 0 Å². The first-order valence-corrected chi connectivity index (χ1v) is 9.34. The fourth-order valence-electron chi connectivity index (χ4n) is 2.90. The molecule has 0 atom stereocenters. The van der Waals surface area contributed by atoms with Crippen LogP contribution in [0.2, 0.25) is 0 Å². The molecular weight excluding hydrogens is 358 g/mol. The molecule has 2 rings (SSSR count). The average Bonchev–Trinajstić information content (AvgIpc) is 2.97. The summed E-state index contributed by atoms with van der Waals surface area (Å²) in [5.74, 6) is 2.05. The Morgan fingerprint density at radius 2 is 2.00 bits per heavy atom. The highest BCUT2D eigenvalue weighted by Gasteiger charge is 2.12. The van der Waals surface area contributed by atoms with E-state index in [1.165, 1.54) is 0 Å². The molecule has 0 saturated heterocycles. The predicted molar refractivity (Wildman–Crippen MR) is 112 cm³/mol. The lowest BCUT2D eigenvalue weighted by Crippen LogP contribution is -2.30. The van der Waals surface area contributed by atoms with Gasteiger partial charge in [0.15, 0.2) is 17.5 Å². The molecule has 8 nitrogen and oxygen atoms in total. The maximum atomic E-state index is 5.63. The van der Waals surface area contributed by atoms with Crippen molar-refractivity contribution >= 4 is 11.6 Å². The van der Waals surface area contributed by atoms with Gasteiger partial charge in [-0.1, -0.05) is 0 Å². The number of aryl methyl sites for hydroxylation is 1. The van der Waals surface area contributed by atoms with Gasteiger partial charge in [0.2, 0.25) is 0 Å². The Kier molecular flexibility index (Phi) is 8.13. The van der Waals surface area contributed by atoms with Gasteiger partial charge in [0, 0.05) is 43.7 Å². The molecule has 2 aromatic rings. The summed E-state index contributed by atoms with van der Waals surface area (Å²) in [7, 11) is 5.06. The topological polar surface area (TPSA) is 81.9 Å². The van der Waals surface area contributed by atoms with Crippen molar-refractivity contribution in [3.05, 3.63) is 35.2 Å². The zero-order valence-electron chi connectivity index (χ0n) is 17.6. The Morgan fingerprint density at radius 1 is 1.21 bits per heavy atom. The number of nitrogens with zero attached hydrogens (tertiary/aromatic N) is 3. The van der Waals surface area contributed by atoms with E-state index < -0.39 is 0 Å². The lowest BCUT2D eigenvalue weighted by atomic mass is 10.2. The molecule has 1 heterocycles. The molecule has 0 radical (unpaired) electrons. The first-order chi connectivity index (χ1) is 13.5. The molecule has 154 valence electrons. The van der Waals surface area contributed by atoms with Crippen molar-refractivity contribution in [3.8, 4) is 11.5 Å². The normalized spacial score (nSPS) is 11.4. The molecule has 1 aromatic heterocycles. The van der Waals surface area contributed by atoms with Crippen LogP contribution in [0.25, 0.3) is 0 Å². The number of ether oxygens (including phenoxy) is 3. The maximum absolute atomic E-state index is 5.63. The zero-order valence-corrected chi connectivity index (χ0v) is 17.6. The van der Waals surface area contributed by atoms with Crippen LogP contribution in [0, 0.1) is 13.8 Å². The molecule has 2 N–H and O–H groups in total. The van der Waals surface area contributed by atoms with E-state index in [4.69, 9.17) is 14.2 Å². The quantitative estimate of drug-likeness (QED) is 0.507. The van der Waals surface area contributed by atoms with E-state index >= 15 is 0 Å². The third kappa shape index (κ3) is 5.39. The highest BCUT2D eigenvalue weighted by atomic mass is 16.5. The lowest BCUT2D eigenvalue weighted by molar-refractivity contribution is 0.182. The largest absolute Gasteiger partial charge is 0.493 e. The Morgan fingerprint density at radius 3 is 2.64 bits per heavy atom. The number of aliphatic imine (C=N–C) groups is 1. The van der Waals surface area contributed by atoms with Gasteiger partial charge in [-0.05, 0) is 32.9 Å². The minimum absolute atomic E-state index is 0.568. The molecule has 0 aliphatic carbocycles. The van der Waals surface area contributed by atoms with Crippen molar-refractivity contribution in [2.75, 3.05) is 39.8 Å². The lowest BCUT2D eigenvalue weighted by Gasteiger charge is -2.15. The fraction of sp³-hybridized carbons (Fsp3) is 0.500. The van der Waals surface area contributed by atoms with Gasteiger partial charge in [-0.15, -0.1) is 0 Å². The summed E-state index contributed by atoms with van der Waals surface area (Å²) in [6, 6.07) is 5.69. The van der Waals surface area contributed by atoms with Crippen LogP contribution in [-0.4, -0.2) is 50.2 Å². The number of hydrogen-bond donors (Lipinski definition) is 2. The first-order valence-electron chi connectivity index (χ1n) is 9.34. The number of nitrogens with one attached hydrogen (secondary N) is 2. The molecular formula is C20H31N5O3.